The smallest absolute Gasteiger partial charge is 0.293 e. The molecule has 5 aromatic rings. The summed E-state index contributed by atoms with van der Waals surface area (Å²) >= 11 is 5.38. The number of nitrogens with one attached hydrogen (secondary N) is 2. The maximum absolute atomic E-state index is 12.8. The van der Waals surface area contributed by atoms with Gasteiger partial charge in [-0.3, -0.25) is 10.1 Å². The van der Waals surface area contributed by atoms with Crippen molar-refractivity contribution in [3.63, 3.8) is 0 Å². The summed E-state index contributed by atoms with van der Waals surface area (Å²) in [6.45, 7) is 3.80. The van der Waals surface area contributed by atoms with E-state index in [0.29, 0.717) is 11.5 Å². The third-order valence-corrected chi connectivity index (χ3v) is 5.59. The summed E-state index contributed by atoms with van der Waals surface area (Å²) in [6, 6.07) is 20.8. The molecule has 7 heteroatoms. The Labute approximate surface area is 189 Å². The standard InChI is InChI=1S/C25H19N3O3S/c1-14-17(24-26-19-10-4-6-13-21(19)31-24)9-7-11-18(14)27-25(32)28-23(29)22-15(2)16-8-3-5-12-20(16)30-22/h3-13H,1-2H3,(H2,27,28,29,32). The van der Waals surface area contributed by atoms with Crippen LogP contribution in [-0.2, 0) is 0 Å². The normalized spacial score (nSPS) is 11.1. The minimum Gasteiger partial charge on any atom is -0.451 e. The van der Waals surface area contributed by atoms with Gasteiger partial charge in [0.15, 0.2) is 16.5 Å². The van der Waals surface area contributed by atoms with Crippen molar-refractivity contribution < 1.29 is 13.6 Å². The lowest BCUT2D eigenvalue weighted by molar-refractivity contribution is 0.0952. The van der Waals surface area contributed by atoms with Crippen LogP contribution >= 0.6 is 12.2 Å². The molecular weight excluding hydrogens is 422 g/mol. The molecule has 0 aliphatic heterocycles. The third-order valence-electron chi connectivity index (χ3n) is 5.38. The van der Waals surface area contributed by atoms with Crippen LogP contribution in [0.2, 0.25) is 0 Å². The summed E-state index contributed by atoms with van der Waals surface area (Å²) in [4.78, 5) is 17.3. The molecule has 1 amide bonds. The number of hydrogen-bond acceptors (Lipinski definition) is 5. The number of thiocarbonyl (C=S) groups is 1. The number of aryl methyl sites for hydroxylation is 1. The van der Waals surface area contributed by atoms with Gasteiger partial charge < -0.3 is 14.2 Å². The Morgan fingerprint density at radius 1 is 0.875 bits per heavy atom. The van der Waals surface area contributed by atoms with Gasteiger partial charge in [-0.05, 0) is 62.0 Å². The Kier molecular flexibility index (Phi) is 4.95. The number of rotatable bonds is 3. The summed E-state index contributed by atoms with van der Waals surface area (Å²) in [5, 5.41) is 6.87. The number of hydrogen-bond donors (Lipinski definition) is 2. The zero-order chi connectivity index (χ0) is 22.2. The fraction of sp³-hybridized carbons (Fsp3) is 0.0800. The van der Waals surface area contributed by atoms with E-state index in [1.54, 1.807) is 0 Å². The molecule has 0 saturated heterocycles. The Hall–Kier alpha value is -3.97. The highest BCUT2D eigenvalue weighted by atomic mass is 32.1. The number of anilines is 1. The van der Waals surface area contributed by atoms with Gasteiger partial charge in [0.2, 0.25) is 5.89 Å². The summed E-state index contributed by atoms with van der Waals surface area (Å²) < 4.78 is 11.6. The van der Waals surface area contributed by atoms with Crippen LogP contribution in [0.4, 0.5) is 5.69 Å². The zero-order valence-corrected chi connectivity index (χ0v) is 18.2. The van der Waals surface area contributed by atoms with Crippen LogP contribution in [0.25, 0.3) is 33.5 Å². The van der Waals surface area contributed by atoms with Crippen molar-refractivity contribution in [1.82, 2.24) is 10.3 Å². The molecule has 5 rings (SSSR count). The first-order chi connectivity index (χ1) is 15.5. The highest BCUT2D eigenvalue weighted by molar-refractivity contribution is 7.80. The van der Waals surface area contributed by atoms with Crippen LogP contribution in [0.3, 0.4) is 0 Å². The van der Waals surface area contributed by atoms with Crippen LogP contribution in [0, 0.1) is 13.8 Å². The molecule has 0 aliphatic carbocycles. The number of nitrogens with zero attached hydrogens (tertiary/aromatic N) is 1. The van der Waals surface area contributed by atoms with Gasteiger partial charge in [0.05, 0.1) is 0 Å². The topological polar surface area (TPSA) is 80.3 Å². The number of benzene rings is 3. The molecular formula is C25H19N3O3S. The van der Waals surface area contributed by atoms with Gasteiger partial charge in [-0.15, -0.1) is 0 Å². The molecule has 32 heavy (non-hydrogen) atoms. The zero-order valence-electron chi connectivity index (χ0n) is 17.4. The number of amides is 1. The van der Waals surface area contributed by atoms with Crippen LogP contribution in [0.1, 0.15) is 21.7 Å². The van der Waals surface area contributed by atoms with Gasteiger partial charge in [-0.2, -0.15) is 0 Å². The van der Waals surface area contributed by atoms with Gasteiger partial charge in [0.25, 0.3) is 5.91 Å². The first-order valence-corrected chi connectivity index (χ1v) is 10.5. The number of para-hydroxylation sites is 3. The fourth-order valence-corrected chi connectivity index (χ4v) is 3.90. The quantitative estimate of drug-likeness (QED) is 0.335. The average Bonchev–Trinajstić information content (AvgIpc) is 3.36. The molecule has 0 fully saturated rings. The summed E-state index contributed by atoms with van der Waals surface area (Å²) in [5.41, 5.74) is 5.44. The van der Waals surface area contributed by atoms with E-state index in [4.69, 9.17) is 21.1 Å². The van der Waals surface area contributed by atoms with Gasteiger partial charge >= 0.3 is 0 Å². The largest absolute Gasteiger partial charge is 0.451 e. The van der Waals surface area contributed by atoms with Crippen molar-refractivity contribution >= 4 is 51.0 Å². The van der Waals surface area contributed by atoms with E-state index in [-0.39, 0.29) is 10.9 Å². The maximum Gasteiger partial charge on any atom is 0.293 e. The molecule has 0 radical (unpaired) electrons. The lowest BCUT2D eigenvalue weighted by Crippen LogP contribution is -2.34. The second-order valence-electron chi connectivity index (χ2n) is 7.43. The van der Waals surface area contributed by atoms with Crippen molar-refractivity contribution in [1.29, 1.82) is 0 Å². The number of furan rings is 1. The van der Waals surface area contributed by atoms with Gasteiger partial charge in [-0.1, -0.05) is 36.4 Å². The highest BCUT2D eigenvalue weighted by Crippen LogP contribution is 2.30. The van der Waals surface area contributed by atoms with Crippen LogP contribution < -0.4 is 10.6 Å². The Morgan fingerprint density at radius 2 is 1.62 bits per heavy atom. The van der Waals surface area contributed by atoms with Crippen molar-refractivity contribution in [2.45, 2.75) is 13.8 Å². The molecule has 0 spiro atoms. The van der Waals surface area contributed by atoms with E-state index in [1.165, 1.54) is 0 Å². The lowest BCUT2D eigenvalue weighted by Gasteiger charge is -2.13. The third kappa shape index (κ3) is 3.52. The number of carbonyl (C=O) groups is 1. The monoisotopic (exact) mass is 441 g/mol. The summed E-state index contributed by atoms with van der Waals surface area (Å²) in [6.07, 6.45) is 0. The molecule has 158 valence electrons. The molecule has 2 N–H and O–H groups in total. The number of oxazole rings is 1. The van der Waals surface area contributed by atoms with E-state index in [2.05, 4.69) is 15.6 Å². The summed E-state index contributed by atoms with van der Waals surface area (Å²) in [7, 11) is 0. The van der Waals surface area contributed by atoms with Gasteiger partial charge in [0, 0.05) is 22.2 Å². The van der Waals surface area contributed by atoms with E-state index in [1.807, 2.05) is 80.6 Å². The maximum atomic E-state index is 12.8. The Bertz CT molecular complexity index is 1470. The van der Waals surface area contributed by atoms with Crippen molar-refractivity contribution in [3.05, 3.63) is 83.6 Å². The molecule has 3 aromatic carbocycles. The highest BCUT2D eigenvalue weighted by Gasteiger charge is 2.19. The fourth-order valence-electron chi connectivity index (χ4n) is 3.69. The molecule has 2 aromatic heterocycles. The van der Waals surface area contributed by atoms with Crippen molar-refractivity contribution in [2.24, 2.45) is 0 Å². The van der Waals surface area contributed by atoms with Crippen molar-refractivity contribution in [2.75, 3.05) is 5.32 Å². The van der Waals surface area contributed by atoms with Crippen LogP contribution in [0.15, 0.2) is 75.6 Å². The van der Waals surface area contributed by atoms with Crippen LogP contribution in [-0.4, -0.2) is 16.0 Å². The number of fused-ring (bicyclic) bond motifs is 2. The minimum absolute atomic E-state index is 0.174. The summed E-state index contributed by atoms with van der Waals surface area (Å²) in [5.74, 6) is 0.372. The minimum atomic E-state index is -0.399. The molecule has 0 unspecified atom stereocenters. The molecule has 0 saturated carbocycles. The SMILES string of the molecule is Cc1c(NC(=S)NC(=O)c2oc3ccccc3c2C)cccc1-c1nc2ccccc2o1. The second kappa shape index (κ2) is 7.94. The van der Waals surface area contributed by atoms with Crippen LogP contribution in [0.5, 0.6) is 0 Å². The van der Waals surface area contributed by atoms with E-state index < -0.39 is 5.91 Å². The Balaban J connectivity index is 1.37. The lowest BCUT2D eigenvalue weighted by atomic mass is 10.1. The first-order valence-electron chi connectivity index (χ1n) is 10.1. The molecule has 0 atom stereocenters. The number of carbonyl (C=O) groups excluding carboxylic acids is 1. The van der Waals surface area contributed by atoms with E-state index in [9.17, 15) is 4.79 Å². The first kappa shape index (κ1) is 20.0. The second-order valence-corrected chi connectivity index (χ2v) is 7.83. The van der Waals surface area contributed by atoms with Crippen molar-refractivity contribution in [3.8, 4) is 11.5 Å². The van der Waals surface area contributed by atoms with E-state index >= 15 is 0 Å². The predicted molar refractivity (Wildman–Crippen MR) is 129 cm³/mol. The van der Waals surface area contributed by atoms with E-state index in [0.717, 1.165) is 38.9 Å². The predicted octanol–water partition coefficient (Wildman–Crippen LogP) is 5.98. The van der Waals surface area contributed by atoms with Gasteiger partial charge in [-0.25, -0.2) is 4.98 Å². The molecule has 0 aliphatic rings. The average molecular weight is 442 g/mol. The molecule has 6 nitrogen and oxygen atoms in total. The number of aromatic nitrogens is 1. The molecule has 0 bridgehead atoms. The Morgan fingerprint density at radius 3 is 2.41 bits per heavy atom. The molecule has 2 heterocycles. The van der Waals surface area contributed by atoms with Gasteiger partial charge in [0.1, 0.15) is 11.1 Å².